The number of rotatable bonds is 12. The minimum absolute atomic E-state index is 0.105. The number of nitrogen functional groups attached to an aromatic ring is 1. The van der Waals surface area contributed by atoms with E-state index in [0.29, 0.717) is 17.0 Å². The Hall–Kier alpha value is -4.29. The van der Waals surface area contributed by atoms with Gasteiger partial charge in [-0.05, 0) is 66.9 Å². The molecule has 12 heteroatoms. The highest BCUT2D eigenvalue weighted by Gasteiger charge is 2.18. The molecular formula is C28H33N3O8S. The number of ether oxygens (including phenoxy) is 3. The number of hydrogen-bond acceptors (Lipinski definition) is 9. The van der Waals surface area contributed by atoms with Crippen LogP contribution in [0.1, 0.15) is 35.9 Å². The molecule has 0 aromatic heterocycles. The Morgan fingerprint density at radius 3 is 2.25 bits per heavy atom. The van der Waals surface area contributed by atoms with Gasteiger partial charge in [0.25, 0.3) is 5.91 Å². The van der Waals surface area contributed by atoms with Crippen LogP contribution in [0.5, 0.6) is 11.5 Å². The summed E-state index contributed by atoms with van der Waals surface area (Å²) in [5.41, 5.74) is 8.46. The molecule has 3 aromatic carbocycles. The number of carbonyl (C=O) groups excluding carboxylic acids is 2. The van der Waals surface area contributed by atoms with Gasteiger partial charge in [0, 0.05) is 5.69 Å². The molecule has 0 radical (unpaired) electrons. The highest BCUT2D eigenvalue weighted by atomic mass is 32.2. The lowest BCUT2D eigenvalue weighted by molar-refractivity contribution is 0.0676. The molecule has 3 aromatic rings. The fraction of sp³-hybridized carbons (Fsp3) is 0.286. The van der Waals surface area contributed by atoms with E-state index in [1.807, 2.05) is 16.9 Å². The summed E-state index contributed by atoms with van der Waals surface area (Å²) in [6, 6.07) is 18.7. The lowest BCUT2D eigenvalue weighted by Crippen LogP contribution is -2.30. The first-order chi connectivity index (χ1) is 18.9. The molecule has 0 unspecified atom stereocenters. The van der Waals surface area contributed by atoms with Crippen LogP contribution in [0.3, 0.4) is 0 Å². The van der Waals surface area contributed by atoms with Crippen molar-refractivity contribution in [2.75, 3.05) is 31.7 Å². The summed E-state index contributed by atoms with van der Waals surface area (Å²) < 4.78 is 41.4. The summed E-state index contributed by atoms with van der Waals surface area (Å²) in [7, 11) is -3.73. The predicted octanol–water partition coefficient (Wildman–Crippen LogP) is 3.25. The van der Waals surface area contributed by atoms with E-state index >= 15 is 0 Å². The Morgan fingerprint density at radius 1 is 0.975 bits per heavy atom. The van der Waals surface area contributed by atoms with Gasteiger partial charge in [0.2, 0.25) is 10.0 Å². The van der Waals surface area contributed by atoms with E-state index in [0.717, 1.165) is 17.4 Å². The van der Waals surface area contributed by atoms with Gasteiger partial charge >= 0.3 is 6.09 Å². The summed E-state index contributed by atoms with van der Waals surface area (Å²) in [6.45, 7) is 3.77. The number of aliphatic hydroxyl groups excluding tert-OH is 1. The molecule has 0 aliphatic heterocycles. The number of aliphatic hydroxyl groups is 1. The third-order valence-corrected chi connectivity index (χ3v) is 5.94. The molecule has 40 heavy (non-hydrogen) atoms. The molecule has 0 heterocycles. The van der Waals surface area contributed by atoms with Crippen LogP contribution in [0.25, 0.3) is 11.1 Å². The molecule has 11 nitrogen and oxygen atoms in total. The lowest BCUT2D eigenvalue weighted by atomic mass is 10.0. The van der Waals surface area contributed by atoms with E-state index in [2.05, 4.69) is 5.32 Å². The van der Waals surface area contributed by atoms with Crippen LogP contribution in [-0.2, 0) is 14.8 Å². The van der Waals surface area contributed by atoms with E-state index < -0.39 is 28.1 Å². The minimum atomic E-state index is -3.73. The first kappa shape index (κ1) is 30.3. The Bertz CT molecular complexity index is 1410. The van der Waals surface area contributed by atoms with Crippen LogP contribution in [0, 0.1) is 0 Å². The van der Waals surface area contributed by atoms with E-state index in [-0.39, 0.29) is 37.2 Å². The van der Waals surface area contributed by atoms with Crippen LogP contribution < -0.4 is 25.2 Å². The Kier molecular flexibility index (Phi) is 10.3. The van der Waals surface area contributed by atoms with Gasteiger partial charge in [0.15, 0.2) is 0 Å². The van der Waals surface area contributed by atoms with Crippen LogP contribution >= 0.6 is 0 Å². The molecule has 0 saturated carbocycles. The standard InChI is InChI=1S/C28H33N3O8S/c1-18(2)39-26-16-21(8-13-24(26)27(33)31-40(3,35)36)19-6-11-23(12-7-19)37-15-14-30-28(34)38-17-25(32)20-4-9-22(29)10-5-20/h4-13,16,18,25,32H,14-15,17,29H2,1-3H3,(H,30,34)(H,31,33)/t25-/m0/s1. The second-order valence-electron chi connectivity index (χ2n) is 9.16. The second-order valence-corrected chi connectivity index (χ2v) is 10.9. The summed E-state index contributed by atoms with van der Waals surface area (Å²) in [4.78, 5) is 24.3. The smallest absolute Gasteiger partial charge is 0.407 e. The van der Waals surface area contributed by atoms with Gasteiger partial charge in [0.1, 0.15) is 30.8 Å². The normalized spacial score (nSPS) is 11.9. The average molecular weight is 572 g/mol. The van der Waals surface area contributed by atoms with Crippen molar-refractivity contribution in [1.29, 1.82) is 0 Å². The third kappa shape index (κ3) is 9.47. The number of benzene rings is 3. The van der Waals surface area contributed by atoms with E-state index in [1.165, 1.54) is 6.07 Å². The number of carbonyl (C=O) groups is 2. The maximum Gasteiger partial charge on any atom is 0.407 e. The maximum atomic E-state index is 12.4. The van der Waals surface area contributed by atoms with Crippen molar-refractivity contribution < 1.29 is 37.3 Å². The monoisotopic (exact) mass is 571 g/mol. The fourth-order valence-electron chi connectivity index (χ4n) is 3.55. The van der Waals surface area contributed by atoms with Crippen molar-refractivity contribution in [2.24, 2.45) is 0 Å². The molecular weight excluding hydrogens is 538 g/mol. The first-order valence-corrected chi connectivity index (χ1v) is 14.3. The number of hydrogen-bond donors (Lipinski definition) is 4. The van der Waals surface area contributed by atoms with Crippen molar-refractivity contribution in [2.45, 2.75) is 26.1 Å². The van der Waals surface area contributed by atoms with Gasteiger partial charge < -0.3 is 30.4 Å². The Morgan fingerprint density at radius 2 is 1.62 bits per heavy atom. The predicted molar refractivity (Wildman–Crippen MR) is 151 cm³/mol. The molecule has 0 saturated heterocycles. The highest BCUT2D eigenvalue weighted by Crippen LogP contribution is 2.29. The van der Waals surface area contributed by atoms with Gasteiger partial charge in [-0.1, -0.05) is 30.3 Å². The van der Waals surface area contributed by atoms with Crippen LogP contribution in [0.2, 0.25) is 0 Å². The SMILES string of the molecule is CC(C)Oc1cc(-c2ccc(OCCNC(=O)OC[C@H](O)c3ccc(N)cc3)cc2)ccc1C(=O)NS(C)(=O)=O. The van der Waals surface area contributed by atoms with E-state index in [4.69, 9.17) is 19.9 Å². The molecule has 2 amide bonds. The lowest BCUT2D eigenvalue weighted by Gasteiger charge is -2.16. The molecule has 0 bridgehead atoms. The molecule has 3 rings (SSSR count). The van der Waals surface area contributed by atoms with Crippen LogP contribution in [0.15, 0.2) is 66.7 Å². The van der Waals surface area contributed by atoms with E-state index in [1.54, 1.807) is 62.4 Å². The Labute approximate surface area is 233 Å². The van der Waals surface area contributed by atoms with E-state index in [9.17, 15) is 23.1 Å². The zero-order chi connectivity index (χ0) is 29.3. The number of nitrogens with two attached hydrogens (primary N) is 1. The maximum absolute atomic E-state index is 12.4. The average Bonchev–Trinajstić information content (AvgIpc) is 2.89. The van der Waals surface area contributed by atoms with Gasteiger partial charge in [-0.15, -0.1) is 0 Å². The molecule has 1 atom stereocenters. The molecule has 0 aliphatic rings. The van der Waals surface area contributed by atoms with Gasteiger partial charge in [-0.25, -0.2) is 17.9 Å². The van der Waals surface area contributed by atoms with Crippen molar-refractivity contribution >= 4 is 27.7 Å². The molecule has 0 aliphatic carbocycles. The van der Waals surface area contributed by atoms with Gasteiger partial charge in [-0.2, -0.15) is 0 Å². The first-order valence-electron chi connectivity index (χ1n) is 12.4. The minimum Gasteiger partial charge on any atom is -0.492 e. The topological polar surface area (TPSA) is 166 Å². The summed E-state index contributed by atoms with van der Waals surface area (Å²) in [6.07, 6.45) is -0.976. The van der Waals surface area contributed by atoms with Crippen molar-refractivity contribution in [1.82, 2.24) is 10.0 Å². The largest absolute Gasteiger partial charge is 0.492 e. The number of amides is 2. The second kappa shape index (κ2) is 13.7. The molecule has 0 spiro atoms. The number of sulfonamides is 1. The quantitative estimate of drug-likeness (QED) is 0.188. The third-order valence-electron chi connectivity index (χ3n) is 5.39. The number of nitrogens with one attached hydrogen (secondary N) is 2. The van der Waals surface area contributed by atoms with Crippen molar-refractivity contribution in [3.63, 3.8) is 0 Å². The fourth-order valence-corrected chi connectivity index (χ4v) is 4.00. The van der Waals surface area contributed by atoms with Crippen LogP contribution in [0.4, 0.5) is 10.5 Å². The summed E-state index contributed by atoms with van der Waals surface area (Å²) >= 11 is 0. The van der Waals surface area contributed by atoms with Crippen LogP contribution in [-0.4, -0.2) is 57.6 Å². The number of alkyl carbamates (subject to hydrolysis) is 1. The number of anilines is 1. The summed E-state index contributed by atoms with van der Waals surface area (Å²) in [5, 5.41) is 12.7. The highest BCUT2D eigenvalue weighted by molar-refractivity contribution is 7.89. The zero-order valence-corrected chi connectivity index (χ0v) is 23.2. The molecule has 5 N–H and O–H groups in total. The Balaban J connectivity index is 1.51. The van der Waals surface area contributed by atoms with Crippen molar-refractivity contribution in [3.8, 4) is 22.6 Å². The molecule has 214 valence electrons. The zero-order valence-electron chi connectivity index (χ0n) is 22.4. The van der Waals surface area contributed by atoms with Gasteiger partial charge in [-0.3, -0.25) is 4.79 Å². The summed E-state index contributed by atoms with van der Waals surface area (Å²) in [5.74, 6) is 0.0531. The van der Waals surface area contributed by atoms with Crippen molar-refractivity contribution in [3.05, 3.63) is 77.9 Å². The molecule has 0 fully saturated rings. The van der Waals surface area contributed by atoms with Gasteiger partial charge in [0.05, 0.1) is 24.5 Å².